The van der Waals surface area contributed by atoms with Gasteiger partial charge >= 0.3 is 17.9 Å². The van der Waals surface area contributed by atoms with E-state index in [1.165, 1.54) is 7.11 Å². The van der Waals surface area contributed by atoms with E-state index in [0.29, 0.717) is 43.5 Å². The molecule has 0 N–H and O–H groups in total. The predicted molar refractivity (Wildman–Crippen MR) is 128 cm³/mol. The number of benzene rings is 1. The van der Waals surface area contributed by atoms with Gasteiger partial charge in [0.05, 0.1) is 39.1 Å². The summed E-state index contributed by atoms with van der Waals surface area (Å²) in [6, 6.07) is 4.99. The lowest BCUT2D eigenvalue weighted by Gasteiger charge is -2.14. The van der Waals surface area contributed by atoms with Crippen molar-refractivity contribution >= 4 is 17.9 Å². The fourth-order valence-electron chi connectivity index (χ4n) is 2.93. The Morgan fingerprint density at radius 1 is 0.706 bits per heavy atom. The number of unbranched alkanes of at least 4 members (excludes halogenated alkanes) is 6. The zero-order valence-corrected chi connectivity index (χ0v) is 20.1. The highest BCUT2D eigenvalue weighted by Crippen LogP contribution is 2.29. The third kappa shape index (κ3) is 12.7. The standard InChI is InChI=1S/C26H36O8/c1-4-24(27)33-18-12-8-6-10-16-31-22-15-14-21(26(29)30-3)20-23(22)32-17-11-7-9-13-19-34-25(28)5-2/h4-5,14-15,20H,1-2,6-13,16-19H2,3H3. The number of rotatable bonds is 19. The van der Waals surface area contributed by atoms with E-state index in [-0.39, 0.29) is 0 Å². The first-order chi connectivity index (χ1) is 16.5. The average Bonchev–Trinajstić information content (AvgIpc) is 2.86. The van der Waals surface area contributed by atoms with E-state index in [2.05, 4.69) is 13.2 Å². The molecular weight excluding hydrogens is 440 g/mol. The third-order valence-corrected chi connectivity index (χ3v) is 4.78. The molecule has 0 aliphatic carbocycles. The Labute approximate surface area is 201 Å². The fraction of sp³-hybridized carbons (Fsp3) is 0.500. The average molecular weight is 477 g/mol. The molecule has 8 heteroatoms. The summed E-state index contributed by atoms with van der Waals surface area (Å²) in [4.78, 5) is 33.9. The number of carbonyl (C=O) groups is 3. The summed E-state index contributed by atoms with van der Waals surface area (Å²) in [5, 5.41) is 0. The molecule has 1 aromatic rings. The van der Waals surface area contributed by atoms with Crippen LogP contribution in [0.1, 0.15) is 61.7 Å². The van der Waals surface area contributed by atoms with Gasteiger partial charge in [-0.1, -0.05) is 13.2 Å². The monoisotopic (exact) mass is 476 g/mol. The maximum atomic E-state index is 11.9. The second-order valence-electron chi connectivity index (χ2n) is 7.42. The Kier molecular flexibility index (Phi) is 15.4. The SMILES string of the molecule is C=CC(=O)OCCCCCCOc1ccc(C(=O)OC)cc1OCCCCCCOC(=O)C=C. The Balaban J connectivity index is 2.39. The molecule has 188 valence electrons. The molecule has 0 heterocycles. The molecule has 0 saturated heterocycles. The molecule has 0 atom stereocenters. The van der Waals surface area contributed by atoms with Crippen molar-refractivity contribution < 1.29 is 38.1 Å². The number of ether oxygens (including phenoxy) is 5. The van der Waals surface area contributed by atoms with Crippen molar-refractivity contribution in [2.75, 3.05) is 33.5 Å². The summed E-state index contributed by atoms with van der Waals surface area (Å²) in [7, 11) is 1.33. The molecule has 0 saturated carbocycles. The molecule has 0 unspecified atom stereocenters. The highest BCUT2D eigenvalue weighted by Gasteiger charge is 2.12. The van der Waals surface area contributed by atoms with Gasteiger partial charge in [0.1, 0.15) is 0 Å². The number of carbonyl (C=O) groups excluding carboxylic acids is 3. The molecule has 34 heavy (non-hydrogen) atoms. The van der Waals surface area contributed by atoms with E-state index in [1.807, 2.05) is 0 Å². The molecule has 0 amide bonds. The molecule has 0 spiro atoms. The van der Waals surface area contributed by atoms with Gasteiger partial charge < -0.3 is 23.7 Å². The van der Waals surface area contributed by atoms with Crippen LogP contribution in [0.15, 0.2) is 43.5 Å². The molecule has 0 aliphatic heterocycles. The summed E-state index contributed by atoms with van der Waals surface area (Å²) in [5.74, 6) is -0.179. The quantitative estimate of drug-likeness (QED) is 0.121. The first kappa shape index (κ1) is 28.7. The van der Waals surface area contributed by atoms with E-state index in [1.54, 1.807) is 18.2 Å². The molecule has 0 aliphatic rings. The minimum Gasteiger partial charge on any atom is -0.490 e. The van der Waals surface area contributed by atoms with Crippen LogP contribution in [0.2, 0.25) is 0 Å². The Hall–Kier alpha value is -3.29. The van der Waals surface area contributed by atoms with Gasteiger partial charge in [-0.2, -0.15) is 0 Å². The van der Waals surface area contributed by atoms with Gasteiger partial charge in [0.15, 0.2) is 11.5 Å². The van der Waals surface area contributed by atoms with Gasteiger partial charge in [0.25, 0.3) is 0 Å². The highest BCUT2D eigenvalue weighted by molar-refractivity contribution is 5.90. The summed E-state index contributed by atoms with van der Waals surface area (Å²) in [6.07, 6.45) is 9.21. The summed E-state index contributed by atoms with van der Waals surface area (Å²) in [5.41, 5.74) is 0.392. The van der Waals surface area contributed by atoms with Crippen molar-refractivity contribution in [3.8, 4) is 11.5 Å². The first-order valence-electron chi connectivity index (χ1n) is 11.6. The smallest absolute Gasteiger partial charge is 0.337 e. The molecule has 0 bridgehead atoms. The second kappa shape index (κ2) is 18.2. The topological polar surface area (TPSA) is 97.4 Å². The minimum atomic E-state index is -0.442. The van der Waals surface area contributed by atoms with E-state index in [0.717, 1.165) is 63.5 Å². The van der Waals surface area contributed by atoms with Crippen molar-refractivity contribution in [3.63, 3.8) is 0 Å². The lowest BCUT2D eigenvalue weighted by atomic mass is 10.2. The normalized spacial score (nSPS) is 10.1. The highest BCUT2D eigenvalue weighted by atomic mass is 16.5. The molecule has 0 fully saturated rings. The van der Waals surface area contributed by atoms with Gasteiger partial charge in [-0.25, -0.2) is 14.4 Å². The summed E-state index contributed by atoms with van der Waals surface area (Å²) in [6.45, 7) is 8.45. The van der Waals surface area contributed by atoms with Gasteiger partial charge in [0, 0.05) is 12.2 Å². The third-order valence-electron chi connectivity index (χ3n) is 4.78. The van der Waals surface area contributed by atoms with Gasteiger partial charge in [-0.15, -0.1) is 0 Å². The van der Waals surface area contributed by atoms with Crippen molar-refractivity contribution in [1.29, 1.82) is 0 Å². The first-order valence-corrected chi connectivity index (χ1v) is 11.6. The summed E-state index contributed by atoms with van der Waals surface area (Å²) < 4.78 is 26.4. The van der Waals surface area contributed by atoms with Crippen LogP contribution in [0.3, 0.4) is 0 Å². The van der Waals surface area contributed by atoms with Crippen molar-refractivity contribution in [2.45, 2.75) is 51.4 Å². The van der Waals surface area contributed by atoms with E-state index in [9.17, 15) is 14.4 Å². The maximum Gasteiger partial charge on any atom is 0.337 e. The lowest BCUT2D eigenvalue weighted by molar-refractivity contribution is -0.138. The summed E-state index contributed by atoms with van der Waals surface area (Å²) >= 11 is 0. The number of methoxy groups -OCH3 is 1. The largest absolute Gasteiger partial charge is 0.490 e. The Bertz CT molecular complexity index is 787. The fourth-order valence-corrected chi connectivity index (χ4v) is 2.93. The number of hydrogen-bond donors (Lipinski definition) is 0. The molecular formula is C26H36O8. The predicted octanol–water partition coefficient (Wildman–Crippen LogP) is 4.81. The van der Waals surface area contributed by atoms with Crippen LogP contribution in [0.4, 0.5) is 0 Å². The van der Waals surface area contributed by atoms with Gasteiger partial charge in [0.2, 0.25) is 0 Å². The molecule has 8 nitrogen and oxygen atoms in total. The van der Waals surface area contributed by atoms with Crippen LogP contribution in [-0.2, 0) is 23.8 Å². The number of hydrogen-bond acceptors (Lipinski definition) is 8. The Morgan fingerprint density at radius 2 is 1.18 bits per heavy atom. The van der Waals surface area contributed by atoms with Crippen LogP contribution in [0.25, 0.3) is 0 Å². The van der Waals surface area contributed by atoms with Crippen LogP contribution >= 0.6 is 0 Å². The zero-order chi connectivity index (χ0) is 25.0. The molecule has 1 aromatic carbocycles. The molecule has 0 radical (unpaired) electrons. The van der Waals surface area contributed by atoms with E-state index in [4.69, 9.17) is 23.7 Å². The van der Waals surface area contributed by atoms with Gasteiger partial charge in [-0.05, 0) is 69.6 Å². The minimum absolute atomic E-state index is 0.380. The van der Waals surface area contributed by atoms with E-state index < -0.39 is 17.9 Å². The molecule has 0 aromatic heterocycles. The second-order valence-corrected chi connectivity index (χ2v) is 7.42. The lowest BCUT2D eigenvalue weighted by Crippen LogP contribution is -2.06. The van der Waals surface area contributed by atoms with Crippen LogP contribution in [0, 0.1) is 0 Å². The van der Waals surface area contributed by atoms with Crippen molar-refractivity contribution in [2.24, 2.45) is 0 Å². The van der Waals surface area contributed by atoms with Crippen molar-refractivity contribution in [3.05, 3.63) is 49.1 Å². The Morgan fingerprint density at radius 3 is 1.65 bits per heavy atom. The van der Waals surface area contributed by atoms with Crippen LogP contribution in [-0.4, -0.2) is 51.4 Å². The van der Waals surface area contributed by atoms with Crippen molar-refractivity contribution in [1.82, 2.24) is 0 Å². The number of esters is 3. The van der Waals surface area contributed by atoms with Crippen LogP contribution < -0.4 is 9.47 Å². The van der Waals surface area contributed by atoms with E-state index >= 15 is 0 Å². The molecule has 1 rings (SSSR count). The van der Waals surface area contributed by atoms with Crippen LogP contribution in [0.5, 0.6) is 11.5 Å². The maximum absolute atomic E-state index is 11.9. The van der Waals surface area contributed by atoms with Gasteiger partial charge in [-0.3, -0.25) is 0 Å². The zero-order valence-electron chi connectivity index (χ0n) is 20.1.